The highest BCUT2D eigenvalue weighted by Crippen LogP contribution is 2.37. The van der Waals surface area contributed by atoms with Gasteiger partial charge in [-0.2, -0.15) is 9.49 Å². The fraction of sp³-hybridized carbons (Fsp3) is 0.167. The fourth-order valence-corrected chi connectivity index (χ4v) is 4.61. The third-order valence-electron chi connectivity index (χ3n) is 5.47. The molecule has 1 atom stereocenters. The van der Waals surface area contributed by atoms with Crippen molar-refractivity contribution in [3.63, 3.8) is 0 Å². The Morgan fingerprint density at radius 3 is 2.47 bits per heavy atom. The van der Waals surface area contributed by atoms with Crippen molar-refractivity contribution in [3.05, 3.63) is 88.7 Å². The summed E-state index contributed by atoms with van der Waals surface area (Å²) >= 11 is 0.869. The van der Waals surface area contributed by atoms with Crippen molar-refractivity contribution in [2.75, 3.05) is 13.2 Å². The van der Waals surface area contributed by atoms with Crippen molar-refractivity contribution in [2.24, 2.45) is 0 Å². The summed E-state index contributed by atoms with van der Waals surface area (Å²) in [6.07, 6.45) is 1.24. The van der Waals surface area contributed by atoms with E-state index in [1.54, 1.807) is 35.2 Å². The summed E-state index contributed by atoms with van der Waals surface area (Å²) in [6, 6.07) is 12.5. The molecule has 174 valence electrons. The standard InChI is InChI=1S/C24H18F3N3O3S/c25-15-9-16(26)11-17(10-15)30-12-19(23(28-30)20-5-6-21(27)34-20)24-29(22(32)13-33-24)8-7-14-1-3-18(31)4-2-14/h1-6,9-12,24,31H,7-8,13H2/t24-/m1/s1. The highest BCUT2D eigenvalue weighted by atomic mass is 32.1. The second-order valence-electron chi connectivity index (χ2n) is 7.78. The number of phenolic OH excluding ortho intramolecular Hbond substituents is 1. The average molecular weight is 485 g/mol. The van der Waals surface area contributed by atoms with Crippen molar-refractivity contribution < 1.29 is 27.8 Å². The second-order valence-corrected chi connectivity index (χ2v) is 8.81. The van der Waals surface area contributed by atoms with E-state index in [2.05, 4.69) is 5.10 Å². The number of benzene rings is 2. The molecule has 0 aliphatic carbocycles. The Balaban J connectivity index is 1.51. The maximum absolute atomic E-state index is 13.8. The highest BCUT2D eigenvalue weighted by molar-refractivity contribution is 7.13. The fourth-order valence-electron chi connectivity index (χ4n) is 3.87. The summed E-state index contributed by atoms with van der Waals surface area (Å²) in [7, 11) is 0. The first-order chi connectivity index (χ1) is 16.4. The van der Waals surface area contributed by atoms with Gasteiger partial charge in [0.1, 0.15) is 29.7 Å². The molecule has 3 heterocycles. The first-order valence-electron chi connectivity index (χ1n) is 10.4. The quantitative estimate of drug-likeness (QED) is 0.425. The number of aromatic nitrogens is 2. The normalized spacial score (nSPS) is 15.9. The molecule has 34 heavy (non-hydrogen) atoms. The molecule has 1 amide bonds. The maximum atomic E-state index is 13.8. The molecule has 1 aliphatic rings. The van der Waals surface area contributed by atoms with E-state index < -0.39 is 23.0 Å². The topological polar surface area (TPSA) is 67.6 Å². The molecule has 2 aromatic heterocycles. The lowest BCUT2D eigenvalue weighted by Crippen LogP contribution is -2.30. The van der Waals surface area contributed by atoms with Crippen molar-refractivity contribution in [1.82, 2.24) is 14.7 Å². The average Bonchev–Trinajstić information content (AvgIpc) is 3.51. The molecular weight excluding hydrogens is 467 g/mol. The molecule has 0 unspecified atom stereocenters. The number of carbonyl (C=O) groups excluding carboxylic acids is 1. The Hall–Kier alpha value is -3.63. The molecule has 0 spiro atoms. The van der Waals surface area contributed by atoms with Gasteiger partial charge in [-0.25, -0.2) is 13.5 Å². The molecule has 10 heteroatoms. The van der Waals surface area contributed by atoms with Gasteiger partial charge in [0.05, 0.1) is 10.6 Å². The predicted molar refractivity (Wildman–Crippen MR) is 119 cm³/mol. The molecule has 6 nitrogen and oxygen atoms in total. The van der Waals surface area contributed by atoms with Crippen molar-refractivity contribution in [3.8, 4) is 22.0 Å². The van der Waals surface area contributed by atoms with E-state index in [1.807, 2.05) is 0 Å². The van der Waals surface area contributed by atoms with Crippen molar-refractivity contribution >= 4 is 17.2 Å². The Bertz CT molecular complexity index is 1330. The number of halogens is 3. The highest BCUT2D eigenvalue weighted by Gasteiger charge is 2.36. The van der Waals surface area contributed by atoms with Gasteiger partial charge in [0.25, 0.3) is 5.91 Å². The SMILES string of the molecule is O=C1CO[C@H](c2cn(-c3cc(F)cc(F)c3)nc2-c2ccc(F)s2)N1CCc1ccc(O)cc1. The zero-order valence-electron chi connectivity index (χ0n) is 17.6. The van der Waals surface area contributed by atoms with Crippen LogP contribution in [0.3, 0.4) is 0 Å². The van der Waals surface area contributed by atoms with E-state index in [-0.39, 0.29) is 24.0 Å². The third kappa shape index (κ3) is 4.42. The molecule has 0 saturated carbocycles. The monoisotopic (exact) mass is 485 g/mol. The Labute approximate surface area is 196 Å². The largest absolute Gasteiger partial charge is 0.508 e. The van der Waals surface area contributed by atoms with Gasteiger partial charge < -0.3 is 14.7 Å². The Kier molecular flexibility index (Phi) is 5.84. The number of phenols is 1. The van der Waals surface area contributed by atoms with Crippen molar-refractivity contribution in [1.29, 1.82) is 0 Å². The first-order valence-corrected chi connectivity index (χ1v) is 11.2. The third-order valence-corrected chi connectivity index (χ3v) is 6.35. The Morgan fingerprint density at radius 2 is 1.79 bits per heavy atom. The van der Waals surface area contributed by atoms with Crippen molar-refractivity contribution in [2.45, 2.75) is 12.6 Å². The van der Waals surface area contributed by atoms with Crippen LogP contribution in [0.15, 0.2) is 60.8 Å². The van der Waals surface area contributed by atoms with Crippen LogP contribution in [0.2, 0.25) is 0 Å². The number of ether oxygens (including phenoxy) is 1. The minimum atomic E-state index is -0.808. The molecule has 1 fully saturated rings. The van der Waals surface area contributed by atoms with Gasteiger partial charge in [-0.3, -0.25) is 4.79 Å². The number of amides is 1. The molecule has 1 aliphatic heterocycles. The van der Waals surface area contributed by atoms with E-state index in [9.17, 15) is 23.1 Å². The molecule has 1 saturated heterocycles. The van der Waals surface area contributed by atoms with Gasteiger partial charge in [-0.05, 0) is 48.4 Å². The lowest BCUT2D eigenvalue weighted by molar-refractivity contribution is -0.128. The van der Waals surface area contributed by atoms with Gasteiger partial charge >= 0.3 is 0 Å². The van der Waals surface area contributed by atoms with Crippen LogP contribution in [-0.4, -0.2) is 38.8 Å². The van der Waals surface area contributed by atoms with Crippen LogP contribution in [0.4, 0.5) is 13.2 Å². The van der Waals surface area contributed by atoms with Crippen LogP contribution >= 0.6 is 11.3 Å². The first kappa shape index (κ1) is 22.2. The van der Waals surface area contributed by atoms with Crippen LogP contribution in [0.5, 0.6) is 5.75 Å². The predicted octanol–water partition coefficient (Wildman–Crippen LogP) is 4.82. The summed E-state index contributed by atoms with van der Waals surface area (Å²) < 4.78 is 48.5. The zero-order chi connectivity index (χ0) is 23.8. The van der Waals surface area contributed by atoms with E-state index in [0.29, 0.717) is 29.1 Å². The van der Waals surface area contributed by atoms with Crippen LogP contribution < -0.4 is 0 Å². The van der Waals surface area contributed by atoms with Gasteiger partial charge in [0, 0.05) is 24.4 Å². The molecule has 2 aromatic carbocycles. The number of carbonyl (C=O) groups is 1. The maximum Gasteiger partial charge on any atom is 0.250 e. The molecule has 1 N–H and O–H groups in total. The lowest BCUT2D eigenvalue weighted by atomic mass is 10.1. The molecular formula is C24H18F3N3O3S. The van der Waals surface area contributed by atoms with E-state index in [0.717, 1.165) is 35.1 Å². The molecule has 0 radical (unpaired) electrons. The zero-order valence-corrected chi connectivity index (χ0v) is 18.4. The summed E-state index contributed by atoms with van der Waals surface area (Å²) in [5.74, 6) is -1.61. The van der Waals surface area contributed by atoms with Crippen LogP contribution in [0.1, 0.15) is 17.4 Å². The number of rotatable bonds is 6. The number of aromatic hydroxyl groups is 1. The smallest absolute Gasteiger partial charge is 0.250 e. The van der Waals surface area contributed by atoms with Gasteiger partial charge in [-0.15, -0.1) is 11.3 Å². The van der Waals surface area contributed by atoms with E-state index >= 15 is 0 Å². The van der Waals surface area contributed by atoms with E-state index in [1.165, 1.54) is 16.9 Å². The minimum absolute atomic E-state index is 0.141. The number of hydrogen-bond donors (Lipinski definition) is 1. The summed E-state index contributed by atoms with van der Waals surface area (Å²) in [5.41, 5.74) is 1.89. The molecule has 4 aromatic rings. The molecule has 5 rings (SSSR count). The minimum Gasteiger partial charge on any atom is -0.508 e. The summed E-state index contributed by atoms with van der Waals surface area (Å²) in [4.78, 5) is 14.7. The summed E-state index contributed by atoms with van der Waals surface area (Å²) in [6.45, 7) is 0.185. The summed E-state index contributed by atoms with van der Waals surface area (Å²) in [5, 5.41) is 13.5. The molecule has 0 bridgehead atoms. The van der Waals surface area contributed by atoms with Crippen LogP contribution in [-0.2, 0) is 16.0 Å². The van der Waals surface area contributed by atoms with Crippen LogP contribution in [0, 0.1) is 16.8 Å². The van der Waals surface area contributed by atoms with Gasteiger partial charge in [0.15, 0.2) is 11.4 Å². The number of nitrogens with zero attached hydrogens (tertiary/aromatic N) is 3. The second kappa shape index (κ2) is 8.96. The lowest BCUT2D eigenvalue weighted by Gasteiger charge is -2.23. The number of hydrogen-bond acceptors (Lipinski definition) is 5. The number of thiophene rings is 1. The van der Waals surface area contributed by atoms with E-state index in [4.69, 9.17) is 4.74 Å². The van der Waals surface area contributed by atoms with Gasteiger partial charge in [-0.1, -0.05) is 12.1 Å². The van der Waals surface area contributed by atoms with Gasteiger partial charge in [0.2, 0.25) is 0 Å². The Morgan fingerprint density at radius 1 is 1.06 bits per heavy atom. The van der Waals surface area contributed by atoms with Crippen LogP contribution in [0.25, 0.3) is 16.3 Å².